The van der Waals surface area contributed by atoms with Gasteiger partial charge in [-0.05, 0) is 12.1 Å². The van der Waals surface area contributed by atoms with E-state index in [-0.39, 0.29) is 17.9 Å². The maximum absolute atomic E-state index is 12.0. The van der Waals surface area contributed by atoms with Crippen molar-refractivity contribution in [3.05, 3.63) is 29.8 Å². The van der Waals surface area contributed by atoms with E-state index in [9.17, 15) is 14.4 Å². The van der Waals surface area contributed by atoms with Gasteiger partial charge in [-0.3, -0.25) is 14.9 Å². The van der Waals surface area contributed by atoms with Gasteiger partial charge in [0.05, 0.1) is 12.2 Å². The predicted octanol–water partition coefficient (Wildman–Crippen LogP) is 2.51. The lowest BCUT2D eigenvalue weighted by atomic mass is 10.2. The van der Waals surface area contributed by atoms with Crippen LogP contribution in [0, 0.1) is 0 Å². The number of para-hydroxylation sites is 1. The number of imide groups is 1. The molecule has 0 radical (unpaired) electrons. The smallest absolute Gasteiger partial charge is 0.414 e. The van der Waals surface area contributed by atoms with E-state index in [0.29, 0.717) is 12.4 Å². The van der Waals surface area contributed by atoms with Crippen LogP contribution in [0.15, 0.2) is 24.3 Å². The summed E-state index contributed by atoms with van der Waals surface area (Å²) >= 11 is 0. The van der Waals surface area contributed by atoms with E-state index in [4.69, 9.17) is 14.2 Å². The molecule has 24 heavy (non-hydrogen) atoms. The van der Waals surface area contributed by atoms with Crippen molar-refractivity contribution in [2.75, 3.05) is 31.8 Å². The number of alkyl carbamates (subject to hydrolysis) is 1. The largest absolute Gasteiger partial charge is 0.448 e. The first-order valence-electron chi connectivity index (χ1n) is 7.03. The number of carbonyl (C=O) groups excluding carboxylic acids is 3. The molecule has 0 aliphatic rings. The lowest BCUT2D eigenvalue weighted by molar-refractivity contribution is -0.131. The van der Waals surface area contributed by atoms with Crippen LogP contribution in [0.5, 0.6) is 5.75 Å². The van der Waals surface area contributed by atoms with Crippen LogP contribution in [0.1, 0.15) is 17.3 Å². The Hall–Kier alpha value is -1.71. The summed E-state index contributed by atoms with van der Waals surface area (Å²) in [5.74, 6) is 0.277. The zero-order valence-electron chi connectivity index (χ0n) is 13.4. The fourth-order valence-electron chi connectivity index (χ4n) is 1.50. The number of amides is 2. The first kappa shape index (κ1) is 20.3. The third-order valence-electron chi connectivity index (χ3n) is 2.45. The van der Waals surface area contributed by atoms with Crippen LogP contribution >= 0.6 is 21.6 Å². The SMILES string of the molecule is COCCSSCCOC(=O)NC(=O)c1ccccc1OC(C)=O. The molecule has 0 spiro atoms. The molecular weight excluding hydrogens is 354 g/mol. The number of nitrogens with one attached hydrogen (secondary N) is 1. The number of benzene rings is 1. The van der Waals surface area contributed by atoms with Crippen LogP contribution in [0.4, 0.5) is 4.79 Å². The molecule has 0 atom stereocenters. The molecule has 9 heteroatoms. The number of hydrogen-bond acceptors (Lipinski definition) is 8. The Balaban J connectivity index is 2.37. The van der Waals surface area contributed by atoms with Gasteiger partial charge >= 0.3 is 12.1 Å². The minimum absolute atomic E-state index is 0.0779. The average Bonchev–Trinajstić information content (AvgIpc) is 2.54. The standard InChI is InChI=1S/C15H19NO6S2/c1-11(17)22-13-6-4-3-5-12(13)14(18)16-15(19)21-8-10-24-23-9-7-20-2/h3-6H,7-10H2,1-2H3,(H,16,18,19). The fourth-order valence-corrected chi connectivity index (χ4v) is 3.23. The zero-order valence-corrected chi connectivity index (χ0v) is 15.0. The van der Waals surface area contributed by atoms with E-state index >= 15 is 0 Å². The van der Waals surface area contributed by atoms with E-state index in [1.807, 2.05) is 0 Å². The van der Waals surface area contributed by atoms with Crippen molar-refractivity contribution in [1.82, 2.24) is 5.32 Å². The molecule has 2 amide bonds. The predicted molar refractivity (Wildman–Crippen MR) is 93.4 cm³/mol. The van der Waals surface area contributed by atoms with Crippen LogP contribution in [0.2, 0.25) is 0 Å². The lowest BCUT2D eigenvalue weighted by Crippen LogP contribution is -2.32. The lowest BCUT2D eigenvalue weighted by Gasteiger charge is -2.09. The number of carbonyl (C=O) groups is 3. The second kappa shape index (κ2) is 11.8. The summed E-state index contributed by atoms with van der Waals surface area (Å²) in [7, 11) is 4.80. The molecule has 1 rings (SSSR count). The fraction of sp³-hybridized carbons (Fsp3) is 0.400. The highest BCUT2D eigenvalue weighted by Crippen LogP contribution is 2.20. The summed E-state index contributed by atoms with van der Waals surface area (Å²) in [6.45, 7) is 2.07. The Morgan fingerprint density at radius 3 is 2.42 bits per heavy atom. The maximum Gasteiger partial charge on any atom is 0.414 e. The number of rotatable bonds is 9. The monoisotopic (exact) mass is 373 g/mol. The molecular formula is C15H19NO6S2. The summed E-state index contributed by atoms with van der Waals surface area (Å²) in [4.78, 5) is 34.7. The van der Waals surface area contributed by atoms with E-state index in [2.05, 4.69) is 5.32 Å². The Bertz CT molecular complexity index is 567. The summed E-state index contributed by atoms with van der Waals surface area (Å²) in [5, 5.41) is 2.09. The van der Waals surface area contributed by atoms with Crippen molar-refractivity contribution < 1.29 is 28.6 Å². The molecule has 0 saturated carbocycles. The average molecular weight is 373 g/mol. The van der Waals surface area contributed by atoms with Gasteiger partial charge in [-0.2, -0.15) is 0 Å². The molecule has 0 aliphatic heterocycles. The van der Waals surface area contributed by atoms with Gasteiger partial charge in [0, 0.05) is 25.5 Å². The topological polar surface area (TPSA) is 90.9 Å². The van der Waals surface area contributed by atoms with Gasteiger partial charge < -0.3 is 14.2 Å². The van der Waals surface area contributed by atoms with Crippen LogP contribution in [0.3, 0.4) is 0 Å². The quantitative estimate of drug-likeness (QED) is 0.306. The minimum atomic E-state index is -0.847. The number of methoxy groups -OCH3 is 1. The van der Waals surface area contributed by atoms with E-state index in [0.717, 1.165) is 5.75 Å². The Morgan fingerprint density at radius 1 is 1.08 bits per heavy atom. The van der Waals surface area contributed by atoms with Crippen LogP contribution < -0.4 is 10.1 Å². The van der Waals surface area contributed by atoms with Crippen molar-refractivity contribution in [3.63, 3.8) is 0 Å². The summed E-state index contributed by atoms with van der Waals surface area (Å²) in [6, 6.07) is 6.13. The molecule has 1 aromatic carbocycles. The van der Waals surface area contributed by atoms with Gasteiger partial charge in [-0.1, -0.05) is 33.7 Å². The summed E-state index contributed by atoms with van der Waals surface area (Å²) < 4.78 is 14.8. The Morgan fingerprint density at radius 2 is 1.75 bits per heavy atom. The second-order valence-corrected chi connectivity index (χ2v) is 7.02. The first-order valence-corrected chi connectivity index (χ1v) is 9.52. The van der Waals surface area contributed by atoms with Crippen molar-refractivity contribution in [1.29, 1.82) is 0 Å². The third-order valence-corrected chi connectivity index (χ3v) is 4.79. The van der Waals surface area contributed by atoms with Gasteiger partial charge in [0.1, 0.15) is 12.4 Å². The third kappa shape index (κ3) is 8.23. The Labute approximate surface area is 148 Å². The molecule has 0 saturated heterocycles. The van der Waals surface area contributed by atoms with E-state index in [1.165, 1.54) is 19.1 Å². The van der Waals surface area contributed by atoms with E-state index < -0.39 is 18.0 Å². The van der Waals surface area contributed by atoms with Gasteiger partial charge in [-0.15, -0.1) is 0 Å². The van der Waals surface area contributed by atoms with Crippen molar-refractivity contribution in [2.24, 2.45) is 0 Å². The van der Waals surface area contributed by atoms with Crippen molar-refractivity contribution in [2.45, 2.75) is 6.92 Å². The highest BCUT2D eigenvalue weighted by atomic mass is 33.1. The van der Waals surface area contributed by atoms with Crippen LogP contribution in [-0.2, 0) is 14.3 Å². The summed E-state index contributed by atoms with van der Waals surface area (Å²) in [6.07, 6.45) is -0.847. The number of hydrogen-bond donors (Lipinski definition) is 1. The van der Waals surface area contributed by atoms with Gasteiger partial charge in [-0.25, -0.2) is 4.79 Å². The van der Waals surface area contributed by atoms with Crippen molar-refractivity contribution >= 4 is 39.6 Å². The molecule has 0 unspecified atom stereocenters. The van der Waals surface area contributed by atoms with E-state index in [1.54, 1.807) is 40.8 Å². The minimum Gasteiger partial charge on any atom is -0.448 e. The second-order valence-electron chi connectivity index (χ2n) is 4.32. The molecule has 0 aromatic heterocycles. The highest BCUT2D eigenvalue weighted by Gasteiger charge is 2.16. The molecule has 1 N–H and O–H groups in total. The molecule has 132 valence electrons. The number of ether oxygens (including phenoxy) is 3. The van der Waals surface area contributed by atoms with Gasteiger partial charge in [0.25, 0.3) is 5.91 Å². The number of esters is 1. The van der Waals surface area contributed by atoms with Gasteiger partial charge in [0.2, 0.25) is 0 Å². The van der Waals surface area contributed by atoms with Crippen LogP contribution in [-0.4, -0.2) is 49.8 Å². The molecule has 7 nitrogen and oxygen atoms in total. The first-order chi connectivity index (χ1) is 11.5. The molecule has 0 bridgehead atoms. The molecule has 1 aromatic rings. The molecule has 0 aliphatic carbocycles. The normalized spacial score (nSPS) is 10.1. The maximum atomic E-state index is 12.0. The molecule has 0 heterocycles. The zero-order chi connectivity index (χ0) is 17.8. The highest BCUT2D eigenvalue weighted by molar-refractivity contribution is 8.76. The van der Waals surface area contributed by atoms with Crippen molar-refractivity contribution in [3.8, 4) is 5.75 Å². The summed E-state index contributed by atoms with van der Waals surface area (Å²) in [5.41, 5.74) is 0.0779. The van der Waals surface area contributed by atoms with Gasteiger partial charge in [0.15, 0.2) is 0 Å². The van der Waals surface area contributed by atoms with Crippen LogP contribution in [0.25, 0.3) is 0 Å². The molecule has 0 fully saturated rings. The Kier molecular flexibility index (Phi) is 9.97.